The Hall–Kier alpha value is -4.18. The molecule has 0 spiro atoms. The number of hydrogen-bond acceptors (Lipinski definition) is 3. The Bertz CT molecular complexity index is 1850. The molecule has 0 aliphatic heterocycles. The molecule has 0 bridgehead atoms. The molecule has 4 nitrogen and oxygen atoms in total. The molecule has 0 aliphatic carbocycles. The molecule has 2 aromatic heterocycles. The van der Waals surface area contributed by atoms with Crippen molar-refractivity contribution in [2.75, 3.05) is 5.73 Å². The molecule has 0 saturated heterocycles. The fourth-order valence-electron chi connectivity index (χ4n) is 5.87. The van der Waals surface area contributed by atoms with Gasteiger partial charge in [-0.15, -0.1) is 0 Å². The zero-order chi connectivity index (χ0) is 28.6. The van der Waals surface area contributed by atoms with Crippen molar-refractivity contribution < 1.29 is 0 Å². The molecule has 6 aromatic rings. The second-order valence-electron chi connectivity index (χ2n) is 13.2. The fraction of sp³-hybridized carbons (Fsp3) is 0.278. The molecule has 0 atom stereocenters. The van der Waals surface area contributed by atoms with Gasteiger partial charge in [0.2, 0.25) is 0 Å². The number of benzene rings is 4. The summed E-state index contributed by atoms with van der Waals surface area (Å²) in [5.74, 6) is 0.450. The molecular formula is C36H38N4. The number of para-hydroxylation sites is 2. The van der Waals surface area contributed by atoms with Gasteiger partial charge in [0.1, 0.15) is 5.69 Å². The summed E-state index contributed by atoms with van der Waals surface area (Å²) in [5.41, 5.74) is 18.6. The van der Waals surface area contributed by atoms with E-state index in [0.717, 1.165) is 22.3 Å². The van der Waals surface area contributed by atoms with Gasteiger partial charge in [0.15, 0.2) is 5.82 Å². The molecule has 0 fully saturated rings. The minimum absolute atomic E-state index is 0.0680. The normalized spacial score (nSPS) is 12.6. The Morgan fingerprint density at radius 1 is 0.625 bits per heavy atom. The van der Waals surface area contributed by atoms with E-state index < -0.39 is 0 Å². The highest BCUT2D eigenvalue weighted by Crippen LogP contribution is 2.40. The average Bonchev–Trinajstić information content (AvgIpc) is 3.20. The van der Waals surface area contributed by atoms with Crippen LogP contribution in [-0.2, 0) is 10.8 Å². The first-order valence-electron chi connectivity index (χ1n) is 14.1. The van der Waals surface area contributed by atoms with Crippen LogP contribution >= 0.6 is 0 Å². The van der Waals surface area contributed by atoms with Crippen LogP contribution in [0.25, 0.3) is 49.8 Å². The van der Waals surface area contributed by atoms with Crippen molar-refractivity contribution in [2.24, 2.45) is 0 Å². The number of hydrogen-bond donors (Lipinski definition) is 1. The number of rotatable bonds is 2. The Morgan fingerprint density at radius 2 is 1.10 bits per heavy atom. The van der Waals surface area contributed by atoms with Gasteiger partial charge >= 0.3 is 0 Å². The van der Waals surface area contributed by atoms with E-state index >= 15 is 0 Å². The number of aryl methyl sites for hydroxylation is 2. The SMILES string of the molecule is Cc1cc(-c2nc3ccccc3nc2N)cc(C)c1-n1c2ccc(C(C)(C)C)cc2c2cc(C(C)(C)C)ccc21. The van der Waals surface area contributed by atoms with Crippen LogP contribution in [0.3, 0.4) is 0 Å². The van der Waals surface area contributed by atoms with E-state index in [2.05, 4.69) is 113 Å². The summed E-state index contributed by atoms with van der Waals surface area (Å²) >= 11 is 0. The lowest BCUT2D eigenvalue weighted by atomic mass is 9.85. The third kappa shape index (κ3) is 4.23. The molecule has 4 heteroatoms. The van der Waals surface area contributed by atoms with Crippen molar-refractivity contribution in [3.8, 4) is 16.9 Å². The molecule has 0 amide bonds. The standard InChI is InChI=1S/C36H38N4/c1-21-17-23(32-34(37)39-29-12-10-9-11-28(29)38-32)18-22(2)33(21)40-30-15-13-24(35(3,4)5)19-26(30)27-20-25(36(6,7)8)14-16-31(27)40/h9-20H,1-8H3,(H2,37,39). The summed E-state index contributed by atoms with van der Waals surface area (Å²) in [5, 5.41) is 2.59. The maximum atomic E-state index is 6.42. The first-order chi connectivity index (χ1) is 18.8. The zero-order valence-corrected chi connectivity index (χ0v) is 24.8. The van der Waals surface area contributed by atoms with Crippen molar-refractivity contribution >= 4 is 38.7 Å². The quantitative estimate of drug-likeness (QED) is 0.245. The van der Waals surface area contributed by atoms with Gasteiger partial charge in [0.25, 0.3) is 0 Å². The molecular weight excluding hydrogens is 488 g/mol. The Morgan fingerprint density at radius 3 is 1.57 bits per heavy atom. The smallest absolute Gasteiger partial charge is 0.150 e. The lowest BCUT2D eigenvalue weighted by Gasteiger charge is -2.20. The molecule has 40 heavy (non-hydrogen) atoms. The van der Waals surface area contributed by atoms with Crippen LogP contribution in [0.5, 0.6) is 0 Å². The summed E-state index contributed by atoms with van der Waals surface area (Å²) in [6.45, 7) is 18.0. The molecule has 202 valence electrons. The van der Waals surface area contributed by atoms with Crippen LogP contribution < -0.4 is 5.73 Å². The van der Waals surface area contributed by atoms with E-state index in [9.17, 15) is 0 Å². The highest BCUT2D eigenvalue weighted by molar-refractivity contribution is 6.10. The third-order valence-electron chi connectivity index (χ3n) is 8.08. The summed E-state index contributed by atoms with van der Waals surface area (Å²) in [6.07, 6.45) is 0. The number of nitrogens with zero attached hydrogens (tertiary/aromatic N) is 3. The van der Waals surface area contributed by atoms with Crippen molar-refractivity contribution in [3.63, 3.8) is 0 Å². The maximum absolute atomic E-state index is 6.42. The van der Waals surface area contributed by atoms with E-state index in [1.54, 1.807) is 0 Å². The predicted octanol–water partition coefficient (Wildman–Crippen LogP) is 9.19. The number of anilines is 1. The molecule has 4 aromatic carbocycles. The number of fused-ring (bicyclic) bond motifs is 4. The van der Waals surface area contributed by atoms with E-state index in [0.29, 0.717) is 5.82 Å². The molecule has 0 aliphatic rings. The van der Waals surface area contributed by atoms with Gasteiger partial charge < -0.3 is 10.3 Å². The van der Waals surface area contributed by atoms with Crippen LogP contribution in [0.1, 0.15) is 63.8 Å². The minimum atomic E-state index is 0.0680. The molecule has 0 saturated carbocycles. The van der Waals surface area contributed by atoms with Gasteiger partial charge in [-0.3, -0.25) is 0 Å². The molecule has 2 N–H and O–H groups in total. The largest absolute Gasteiger partial charge is 0.382 e. The molecule has 2 heterocycles. The summed E-state index contributed by atoms with van der Waals surface area (Å²) in [6, 6.07) is 26.2. The second kappa shape index (κ2) is 8.92. The lowest BCUT2D eigenvalue weighted by molar-refractivity contribution is 0.590. The van der Waals surface area contributed by atoms with Crippen LogP contribution in [0.2, 0.25) is 0 Å². The van der Waals surface area contributed by atoms with E-state index in [4.69, 9.17) is 10.7 Å². The van der Waals surface area contributed by atoms with Gasteiger partial charge in [0.05, 0.1) is 27.8 Å². The van der Waals surface area contributed by atoms with Crippen molar-refractivity contribution in [1.82, 2.24) is 14.5 Å². The van der Waals surface area contributed by atoms with Crippen molar-refractivity contribution in [2.45, 2.75) is 66.2 Å². The molecule has 0 unspecified atom stereocenters. The second-order valence-corrected chi connectivity index (χ2v) is 13.2. The Balaban J connectivity index is 1.62. The van der Waals surface area contributed by atoms with Crippen LogP contribution in [0, 0.1) is 13.8 Å². The summed E-state index contributed by atoms with van der Waals surface area (Å²) in [4.78, 5) is 9.52. The lowest BCUT2D eigenvalue weighted by Crippen LogP contribution is -2.10. The van der Waals surface area contributed by atoms with Gasteiger partial charge in [-0.05, 0) is 95.5 Å². The predicted molar refractivity (Wildman–Crippen MR) is 171 cm³/mol. The monoisotopic (exact) mass is 526 g/mol. The number of aromatic nitrogens is 3. The van der Waals surface area contributed by atoms with Gasteiger partial charge in [0, 0.05) is 16.3 Å². The van der Waals surface area contributed by atoms with E-state index in [1.807, 2.05) is 24.3 Å². The van der Waals surface area contributed by atoms with E-state index in [1.165, 1.54) is 49.7 Å². The minimum Gasteiger partial charge on any atom is -0.382 e. The van der Waals surface area contributed by atoms with Gasteiger partial charge in [-0.25, -0.2) is 9.97 Å². The van der Waals surface area contributed by atoms with Crippen LogP contribution in [-0.4, -0.2) is 14.5 Å². The Kier molecular flexibility index (Phi) is 5.81. The number of nitrogen functional groups attached to an aromatic ring is 1. The molecule has 6 rings (SSSR count). The van der Waals surface area contributed by atoms with Crippen molar-refractivity contribution in [3.05, 3.63) is 95.1 Å². The maximum Gasteiger partial charge on any atom is 0.150 e. The summed E-state index contributed by atoms with van der Waals surface area (Å²) < 4.78 is 2.44. The van der Waals surface area contributed by atoms with Crippen molar-refractivity contribution in [1.29, 1.82) is 0 Å². The fourth-order valence-corrected chi connectivity index (χ4v) is 5.87. The van der Waals surface area contributed by atoms with Gasteiger partial charge in [-0.1, -0.05) is 65.8 Å². The first-order valence-corrected chi connectivity index (χ1v) is 14.1. The van der Waals surface area contributed by atoms with Crippen LogP contribution in [0.4, 0.5) is 5.82 Å². The zero-order valence-electron chi connectivity index (χ0n) is 24.8. The van der Waals surface area contributed by atoms with E-state index in [-0.39, 0.29) is 10.8 Å². The van der Waals surface area contributed by atoms with Gasteiger partial charge in [-0.2, -0.15) is 0 Å². The highest BCUT2D eigenvalue weighted by Gasteiger charge is 2.22. The first kappa shape index (κ1) is 26.1. The average molecular weight is 527 g/mol. The highest BCUT2D eigenvalue weighted by atomic mass is 15.0. The van der Waals surface area contributed by atoms with Crippen LogP contribution in [0.15, 0.2) is 72.8 Å². The molecule has 0 radical (unpaired) electrons. The summed E-state index contributed by atoms with van der Waals surface area (Å²) in [7, 11) is 0. The Labute approximate surface area is 236 Å². The number of nitrogens with two attached hydrogens (primary N) is 1. The topological polar surface area (TPSA) is 56.7 Å². The third-order valence-corrected chi connectivity index (χ3v) is 8.08.